The van der Waals surface area contributed by atoms with Gasteiger partial charge in [-0.05, 0) is 65.7 Å². The zero-order valence-electron chi connectivity index (χ0n) is 19.3. The lowest BCUT2D eigenvalue weighted by atomic mass is 9.99. The Morgan fingerprint density at radius 2 is 1.69 bits per heavy atom. The average molecular weight is 442 g/mol. The Hall–Kier alpha value is -3.34. The lowest BCUT2D eigenvalue weighted by Crippen LogP contribution is -2.39. The van der Waals surface area contributed by atoms with Crippen LogP contribution >= 0.6 is 0 Å². The summed E-state index contributed by atoms with van der Waals surface area (Å²) in [6.07, 6.45) is 2.96. The maximum Gasteiger partial charge on any atom is 0.419 e. The van der Waals surface area contributed by atoms with Gasteiger partial charge >= 0.3 is 12.2 Å². The van der Waals surface area contributed by atoms with Gasteiger partial charge in [0, 0.05) is 30.2 Å². The lowest BCUT2D eigenvalue weighted by Gasteiger charge is -2.30. The maximum absolute atomic E-state index is 14.3. The Kier molecular flexibility index (Phi) is 6.05. The second-order valence-corrected chi connectivity index (χ2v) is 9.77. The van der Waals surface area contributed by atoms with Gasteiger partial charge in [-0.25, -0.2) is 14.0 Å². The van der Waals surface area contributed by atoms with E-state index in [1.54, 1.807) is 52.6 Å². The summed E-state index contributed by atoms with van der Waals surface area (Å²) in [7, 11) is 0. The standard InChI is InChI=1S/C24H28FN3O4/c1-23(2,3)31-21(29)27-9-7-8-15(13-27)19-14-28(22(30)32-24(4,5)6)20-16(12-26)10-17(25)11-18(19)20/h8,10-11,14H,7,9,13H2,1-6H3. The van der Waals surface area contributed by atoms with E-state index < -0.39 is 29.2 Å². The molecule has 0 saturated heterocycles. The van der Waals surface area contributed by atoms with E-state index in [-0.39, 0.29) is 17.6 Å². The van der Waals surface area contributed by atoms with Crippen LogP contribution in [0.4, 0.5) is 14.0 Å². The quantitative estimate of drug-likeness (QED) is 0.587. The molecule has 1 amide bonds. The number of halogens is 1. The molecular formula is C24H28FN3O4. The molecule has 2 heterocycles. The third-order valence-electron chi connectivity index (χ3n) is 4.72. The molecule has 0 N–H and O–H groups in total. The molecule has 32 heavy (non-hydrogen) atoms. The minimum atomic E-state index is -0.752. The van der Waals surface area contributed by atoms with Gasteiger partial charge < -0.3 is 14.4 Å². The third-order valence-corrected chi connectivity index (χ3v) is 4.72. The molecule has 0 unspecified atom stereocenters. The van der Waals surface area contributed by atoms with Crippen LogP contribution in [-0.2, 0) is 9.47 Å². The maximum atomic E-state index is 14.3. The molecule has 1 aromatic carbocycles. The van der Waals surface area contributed by atoms with Crippen molar-refractivity contribution in [3.05, 3.63) is 41.3 Å². The Morgan fingerprint density at radius 3 is 2.28 bits per heavy atom. The number of rotatable bonds is 1. The van der Waals surface area contributed by atoms with Crippen LogP contribution in [0.3, 0.4) is 0 Å². The highest BCUT2D eigenvalue weighted by molar-refractivity contribution is 6.01. The molecule has 0 spiro atoms. The fourth-order valence-electron chi connectivity index (χ4n) is 3.54. The Labute approximate surface area is 187 Å². The van der Waals surface area contributed by atoms with Gasteiger partial charge in [-0.3, -0.25) is 4.57 Å². The van der Waals surface area contributed by atoms with Crippen LogP contribution in [0.5, 0.6) is 0 Å². The smallest absolute Gasteiger partial charge is 0.419 e. The molecule has 0 saturated carbocycles. The van der Waals surface area contributed by atoms with Crippen molar-refractivity contribution in [2.75, 3.05) is 13.1 Å². The highest BCUT2D eigenvalue weighted by atomic mass is 19.1. The number of fused-ring (bicyclic) bond motifs is 1. The van der Waals surface area contributed by atoms with Gasteiger partial charge in [-0.1, -0.05) is 6.08 Å². The van der Waals surface area contributed by atoms with E-state index in [0.717, 1.165) is 11.6 Å². The zero-order chi connectivity index (χ0) is 23.8. The van der Waals surface area contributed by atoms with Crippen LogP contribution in [0.1, 0.15) is 59.1 Å². The largest absolute Gasteiger partial charge is 0.444 e. The van der Waals surface area contributed by atoms with Crippen molar-refractivity contribution in [3.63, 3.8) is 0 Å². The summed E-state index contributed by atoms with van der Waals surface area (Å²) in [4.78, 5) is 27.0. The molecule has 7 nitrogen and oxygen atoms in total. The zero-order valence-corrected chi connectivity index (χ0v) is 19.3. The first-order valence-electron chi connectivity index (χ1n) is 10.4. The normalized spacial score (nSPS) is 14.7. The SMILES string of the molecule is CC(C)(C)OC(=O)N1CCC=C(c2cn(C(=O)OC(C)(C)C)c3c(C#N)cc(F)cc23)C1. The van der Waals surface area contributed by atoms with Gasteiger partial charge in [0.05, 0.1) is 11.1 Å². The van der Waals surface area contributed by atoms with Crippen molar-refractivity contribution >= 4 is 28.7 Å². The first kappa shape index (κ1) is 23.3. The second kappa shape index (κ2) is 8.30. The van der Waals surface area contributed by atoms with Crippen molar-refractivity contribution < 1.29 is 23.5 Å². The van der Waals surface area contributed by atoms with E-state index in [0.29, 0.717) is 23.9 Å². The molecule has 8 heteroatoms. The van der Waals surface area contributed by atoms with E-state index >= 15 is 0 Å². The fraction of sp³-hybridized carbons (Fsp3) is 0.458. The third kappa shape index (κ3) is 5.10. The minimum absolute atomic E-state index is 0.0255. The van der Waals surface area contributed by atoms with Gasteiger partial charge in [-0.15, -0.1) is 0 Å². The molecule has 0 fully saturated rings. The molecular weight excluding hydrogens is 413 g/mol. The monoisotopic (exact) mass is 441 g/mol. The van der Waals surface area contributed by atoms with E-state index in [2.05, 4.69) is 0 Å². The van der Waals surface area contributed by atoms with Crippen molar-refractivity contribution in [1.29, 1.82) is 5.26 Å². The molecule has 0 atom stereocenters. The number of carbonyl (C=O) groups excluding carboxylic acids is 2. The van der Waals surface area contributed by atoms with Crippen LogP contribution < -0.4 is 0 Å². The van der Waals surface area contributed by atoms with Gasteiger partial charge in [0.1, 0.15) is 23.1 Å². The van der Waals surface area contributed by atoms with Crippen molar-refractivity contribution in [1.82, 2.24) is 9.47 Å². The van der Waals surface area contributed by atoms with Crippen molar-refractivity contribution in [3.8, 4) is 6.07 Å². The van der Waals surface area contributed by atoms with Crippen LogP contribution in [0.2, 0.25) is 0 Å². The number of hydrogen-bond acceptors (Lipinski definition) is 5. The molecule has 0 aliphatic carbocycles. The Bertz CT molecular complexity index is 1140. The number of aromatic nitrogens is 1. The number of hydrogen-bond donors (Lipinski definition) is 0. The number of ether oxygens (including phenoxy) is 2. The first-order valence-corrected chi connectivity index (χ1v) is 10.4. The number of benzene rings is 1. The first-order chi connectivity index (χ1) is 14.8. The molecule has 1 aliphatic rings. The topological polar surface area (TPSA) is 84.6 Å². The number of nitriles is 1. The van der Waals surface area contributed by atoms with Crippen LogP contribution in [0, 0.1) is 17.1 Å². The molecule has 3 rings (SSSR count). The molecule has 1 aliphatic heterocycles. The highest BCUT2D eigenvalue weighted by Crippen LogP contribution is 2.33. The number of carbonyl (C=O) groups is 2. The summed E-state index contributed by atoms with van der Waals surface area (Å²) >= 11 is 0. The summed E-state index contributed by atoms with van der Waals surface area (Å²) in [6, 6.07) is 4.35. The van der Waals surface area contributed by atoms with Gasteiger partial charge in [0.2, 0.25) is 0 Å². The summed E-state index contributed by atoms with van der Waals surface area (Å²) in [6.45, 7) is 11.3. The highest BCUT2D eigenvalue weighted by Gasteiger charge is 2.28. The summed E-state index contributed by atoms with van der Waals surface area (Å²) in [5.74, 6) is -0.586. The number of amides is 1. The van der Waals surface area contributed by atoms with Crippen LogP contribution in [-0.4, -0.2) is 45.9 Å². The van der Waals surface area contributed by atoms with E-state index in [9.17, 15) is 19.2 Å². The van der Waals surface area contributed by atoms with E-state index in [1.165, 1.54) is 10.6 Å². The Morgan fingerprint density at radius 1 is 1.06 bits per heavy atom. The molecule has 1 aromatic heterocycles. The molecule has 0 bridgehead atoms. The summed E-state index contributed by atoms with van der Waals surface area (Å²) in [5.41, 5.74) is 0.221. The van der Waals surface area contributed by atoms with Gasteiger partial charge in [0.15, 0.2) is 0 Å². The minimum Gasteiger partial charge on any atom is -0.444 e. The summed E-state index contributed by atoms with van der Waals surface area (Å²) < 4.78 is 26.5. The Balaban J connectivity index is 2.08. The van der Waals surface area contributed by atoms with E-state index in [4.69, 9.17) is 9.47 Å². The summed E-state index contributed by atoms with van der Waals surface area (Å²) in [5, 5.41) is 9.98. The van der Waals surface area contributed by atoms with Crippen molar-refractivity contribution in [2.24, 2.45) is 0 Å². The predicted molar refractivity (Wildman–Crippen MR) is 119 cm³/mol. The lowest BCUT2D eigenvalue weighted by molar-refractivity contribution is 0.0272. The second-order valence-electron chi connectivity index (χ2n) is 9.77. The van der Waals surface area contributed by atoms with Crippen LogP contribution in [0.25, 0.3) is 16.5 Å². The molecule has 170 valence electrons. The van der Waals surface area contributed by atoms with E-state index in [1.807, 2.05) is 12.1 Å². The molecule has 2 aromatic rings. The fourth-order valence-corrected chi connectivity index (χ4v) is 3.54. The average Bonchev–Trinajstić information content (AvgIpc) is 3.04. The van der Waals surface area contributed by atoms with Gasteiger partial charge in [-0.2, -0.15) is 5.26 Å². The number of nitrogens with zero attached hydrogens (tertiary/aromatic N) is 3. The molecule has 0 radical (unpaired) electrons. The van der Waals surface area contributed by atoms with Crippen molar-refractivity contribution in [2.45, 2.75) is 59.2 Å². The van der Waals surface area contributed by atoms with Gasteiger partial charge in [0.25, 0.3) is 0 Å². The predicted octanol–water partition coefficient (Wildman–Crippen LogP) is 5.46. The van der Waals surface area contributed by atoms with Crippen LogP contribution in [0.15, 0.2) is 24.4 Å².